The van der Waals surface area contributed by atoms with Gasteiger partial charge in [-0.15, -0.1) is 0 Å². The van der Waals surface area contributed by atoms with E-state index >= 15 is 0 Å². The number of aromatic nitrogens is 1. The number of ether oxygens (including phenoxy) is 1. The quantitative estimate of drug-likeness (QED) is 0.378. The molecule has 0 N–H and O–H groups in total. The molecule has 0 radical (unpaired) electrons. The average Bonchev–Trinajstić information content (AvgIpc) is 3.42. The van der Waals surface area contributed by atoms with E-state index in [1.54, 1.807) is 0 Å². The summed E-state index contributed by atoms with van der Waals surface area (Å²) in [5, 5.41) is 13.2. The third-order valence-electron chi connectivity index (χ3n) is 8.78. The van der Waals surface area contributed by atoms with Crippen molar-refractivity contribution >= 4 is 39.7 Å². The lowest BCUT2D eigenvalue weighted by atomic mass is 9.97. The van der Waals surface area contributed by atoms with Crippen molar-refractivity contribution in [3.8, 4) is 11.9 Å². The van der Waals surface area contributed by atoms with Crippen LogP contribution in [0, 0.1) is 11.3 Å². The van der Waals surface area contributed by atoms with Crippen LogP contribution in [0.5, 0.6) is 5.88 Å². The monoisotopic (exact) mass is 588 g/mol. The minimum atomic E-state index is -0.955. The summed E-state index contributed by atoms with van der Waals surface area (Å²) in [6, 6.07) is 14.8. The van der Waals surface area contributed by atoms with Gasteiger partial charge in [-0.3, -0.25) is 4.79 Å². The van der Waals surface area contributed by atoms with E-state index in [-0.39, 0.29) is 6.04 Å². The zero-order valence-corrected chi connectivity index (χ0v) is 24.5. The number of nitrogens with zero attached hydrogens (tertiary/aromatic N) is 6. The molecule has 2 aromatic carbocycles. The molecule has 0 spiro atoms. The number of rotatable bonds is 6. The number of halogens is 2. The summed E-state index contributed by atoms with van der Waals surface area (Å²) in [5.41, 5.74) is 4.17. The second-order valence-corrected chi connectivity index (χ2v) is 11.6. The Bertz CT molecular complexity index is 1580. The Labute approximate surface area is 250 Å². The van der Waals surface area contributed by atoms with Gasteiger partial charge in [0.1, 0.15) is 18.2 Å². The topological polar surface area (TPSA) is 75.9 Å². The Morgan fingerprint density at radius 1 is 1.14 bits per heavy atom. The normalized spacial score (nSPS) is 19.1. The van der Waals surface area contributed by atoms with Gasteiger partial charge in [-0.25, -0.2) is 9.37 Å². The van der Waals surface area contributed by atoms with Crippen LogP contribution < -0.4 is 14.5 Å². The highest BCUT2D eigenvalue weighted by molar-refractivity contribution is 6.36. The lowest BCUT2D eigenvalue weighted by Gasteiger charge is -2.39. The molecule has 1 atom stereocenters. The second kappa shape index (κ2) is 11.8. The Kier molecular flexibility index (Phi) is 7.93. The fraction of sp³-hybridized carbons (Fsp3) is 0.406. The van der Waals surface area contributed by atoms with E-state index in [0.29, 0.717) is 62.2 Å². The number of likely N-dealkylation sites (N-methyl/N-ethyl adjacent to an activating group) is 1. The maximum Gasteiger partial charge on any atom is 0.282 e. The molecule has 3 aliphatic rings. The molecule has 3 aromatic rings. The van der Waals surface area contributed by atoms with E-state index in [1.165, 1.54) is 4.90 Å². The maximum absolute atomic E-state index is 13.6. The van der Waals surface area contributed by atoms with Gasteiger partial charge in [-0.2, -0.15) is 5.26 Å². The third kappa shape index (κ3) is 5.25. The molecule has 2 saturated heterocycles. The number of hydrogen-bond acceptors (Lipinski definition) is 7. The van der Waals surface area contributed by atoms with Gasteiger partial charge in [0.2, 0.25) is 5.88 Å². The summed E-state index contributed by atoms with van der Waals surface area (Å²) < 4.78 is 19.9. The van der Waals surface area contributed by atoms with Gasteiger partial charge in [-0.05, 0) is 50.4 Å². The van der Waals surface area contributed by atoms with Crippen molar-refractivity contribution in [2.24, 2.45) is 0 Å². The summed E-state index contributed by atoms with van der Waals surface area (Å²) in [7, 11) is 2.10. The molecule has 4 heterocycles. The van der Waals surface area contributed by atoms with E-state index in [2.05, 4.69) is 52.6 Å². The van der Waals surface area contributed by atoms with E-state index in [1.807, 2.05) is 18.2 Å². The van der Waals surface area contributed by atoms with Gasteiger partial charge in [-0.1, -0.05) is 42.4 Å². The predicted molar refractivity (Wildman–Crippen MR) is 163 cm³/mol. The van der Waals surface area contributed by atoms with Crippen molar-refractivity contribution < 1.29 is 13.9 Å². The molecular formula is C32H34ClFN6O2. The summed E-state index contributed by atoms with van der Waals surface area (Å²) in [6.07, 6.45) is 2.84. The molecule has 0 unspecified atom stereocenters. The van der Waals surface area contributed by atoms with Crippen LogP contribution in [0.1, 0.15) is 29.7 Å². The van der Waals surface area contributed by atoms with Gasteiger partial charge in [0.15, 0.2) is 5.83 Å². The zero-order valence-electron chi connectivity index (χ0n) is 23.8. The van der Waals surface area contributed by atoms with Crippen LogP contribution in [0.15, 0.2) is 48.8 Å². The lowest BCUT2D eigenvalue weighted by molar-refractivity contribution is -0.128. The van der Waals surface area contributed by atoms with Gasteiger partial charge in [0.05, 0.1) is 22.9 Å². The van der Waals surface area contributed by atoms with Gasteiger partial charge in [0, 0.05) is 55.4 Å². The molecule has 8 nitrogen and oxygen atoms in total. The van der Waals surface area contributed by atoms with Crippen molar-refractivity contribution in [2.75, 3.05) is 62.7 Å². The zero-order chi connectivity index (χ0) is 29.4. The van der Waals surface area contributed by atoms with Crippen LogP contribution in [-0.4, -0.2) is 79.7 Å². The highest BCUT2D eigenvalue weighted by Gasteiger charge is 2.33. The Balaban J connectivity index is 1.37. The molecule has 2 fully saturated rings. The lowest BCUT2D eigenvalue weighted by Crippen LogP contribution is -2.49. The largest absolute Gasteiger partial charge is 0.475 e. The SMILES string of the molecule is C=C(F)C(=O)N1CCN(c2c(C#N)c(OC[C@@H]3CCCN3C)nc3c2CCN(c2cccc4cccc(Cl)c24)C3)CC1. The van der Waals surface area contributed by atoms with Gasteiger partial charge < -0.3 is 24.3 Å². The number of amides is 1. The minimum absolute atomic E-state index is 0.274. The number of fused-ring (bicyclic) bond motifs is 2. The van der Waals surface area contributed by atoms with Crippen LogP contribution in [-0.2, 0) is 17.8 Å². The first-order valence-corrected chi connectivity index (χ1v) is 14.8. The van der Waals surface area contributed by atoms with E-state index < -0.39 is 11.7 Å². The number of anilines is 2. The molecule has 0 aliphatic carbocycles. The molecule has 218 valence electrons. The van der Waals surface area contributed by atoms with Crippen LogP contribution in [0.4, 0.5) is 15.8 Å². The first kappa shape index (κ1) is 28.3. The number of carbonyl (C=O) groups is 1. The number of carbonyl (C=O) groups excluding carboxylic acids is 1. The molecule has 6 rings (SSSR count). The number of pyridine rings is 1. The van der Waals surface area contributed by atoms with Crippen LogP contribution >= 0.6 is 11.6 Å². The third-order valence-corrected chi connectivity index (χ3v) is 9.09. The number of hydrogen-bond donors (Lipinski definition) is 0. The maximum atomic E-state index is 13.6. The molecule has 1 aromatic heterocycles. The van der Waals surface area contributed by atoms with E-state index in [0.717, 1.165) is 59.3 Å². The Morgan fingerprint density at radius 3 is 2.60 bits per heavy atom. The summed E-state index contributed by atoms with van der Waals surface area (Å²) in [6.45, 7) is 7.54. The van der Waals surface area contributed by atoms with Crippen molar-refractivity contribution in [2.45, 2.75) is 31.8 Å². The van der Waals surface area contributed by atoms with Crippen LogP contribution in [0.3, 0.4) is 0 Å². The minimum Gasteiger partial charge on any atom is -0.475 e. The highest BCUT2D eigenvalue weighted by Crippen LogP contribution is 2.40. The molecule has 1 amide bonds. The van der Waals surface area contributed by atoms with Crippen molar-refractivity contribution in [1.82, 2.24) is 14.8 Å². The summed E-state index contributed by atoms with van der Waals surface area (Å²) >= 11 is 6.68. The van der Waals surface area contributed by atoms with E-state index in [4.69, 9.17) is 21.3 Å². The Hall–Kier alpha value is -3.87. The smallest absolute Gasteiger partial charge is 0.282 e. The van der Waals surface area contributed by atoms with Gasteiger partial charge >= 0.3 is 0 Å². The van der Waals surface area contributed by atoms with Crippen LogP contribution in [0.25, 0.3) is 10.8 Å². The van der Waals surface area contributed by atoms with Gasteiger partial charge in [0.25, 0.3) is 5.91 Å². The Morgan fingerprint density at radius 2 is 1.90 bits per heavy atom. The summed E-state index contributed by atoms with van der Waals surface area (Å²) in [4.78, 5) is 25.4. The molecule has 0 saturated carbocycles. The molecular weight excluding hydrogens is 555 g/mol. The number of benzene rings is 2. The second-order valence-electron chi connectivity index (χ2n) is 11.2. The average molecular weight is 589 g/mol. The first-order chi connectivity index (χ1) is 20.4. The van der Waals surface area contributed by atoms with Crippen molar-refractivity contribution in [1.29, 1.82) is 5.26 Å². The molecule has 42 heavy (non-hydrogen) atoms. The summed E-state index contributed by atoms with van der Waals surface area (Å²) in [5.74, 6) is -1.29. The standard InChI is InChI=1S/C32H34ClFN6O2/c1-21(34)32(41)39-16-14-38(15-17-39)30-24-11-13-40(28-10-4-7-22-6-3-9-26(33)29(22)28)19-27(24)36-31(25(30)18-35)42-20-23-8-5-12-37(23)2/h3-4,6-7,9-10,23H,1,5,8,11-17,19-20H2,2H3/t23-/m0/s1. The molecule has 10 heteroatoms. The van der Waals surface area contributed by atoms with Crippen LogP contribution in [0.2, 0.25) is 5.02 Å². The predicted octanol–water partition coefficient (Wildman–Crippen LogP) is 4.93. The fourth-order valence-electron chi connectivity index (χ4n) is 6.50. The first-order valence-electron chi connectivity index (χ1n) is 14.5. The molecule has 3 aliphatic heterocycles. The van der Waals surface area contributed by atoms with E-state index in [9.17, 15) is 14.4 Å². The van der Waals surface area contributed by atoms with Crippen molar-refractivity contribution in [3.63, 3.8) is 0 Å². The highest BCUT2D eigenvalue weighted by atomic mass is 35.5. The number of piperazine rings is 1. The molecule has 0 bridgehead atoms. The fourth-order valence-corrected chi connectivity index (χ4v) is 6.78. The number of likely N-dealkylation sites (tertiary alicyclic amines) is 1. The van der Waals surface area contributed by atoms with Crippen molar-refractivity contribution in [3.05, 3.63) is 70.6 Å². The number of nitriles is 1.